The van der Waals surface area contributed by atoms with Gasteiger partial charge in [-0.05, 0) is 37.1 Å². The molecule has 2 aromatic carbocycles. The quantitative estimate of drug-likeness (QED) is 0.656. The minimum Gasteiger partial charge on any atom is -0.380 e. The van der Waals surface area contributed by atoms with Crippen molar-refractivity contribution in [3.05, 3.63) is 69.0 Å². The normalized spacial score (nSPS) is 12.0. The average Bonchev–Trinajstić information content (AvgIpc) is 2.43. The molecule has 0 heterocycles. The fourth-order valence-electron chi connectivity index (χ4n) is 2.03. The largest absolute Gasteiger partial charge is 0.380 e. The highest BCUT2D eigenvalue weighted by Gasteiger charge is 2.13. The molecular weight excluding hydrogens is 295 g/mol. The number of hydrogen-bond acceptors (Lipinski definition) is 3. The Kier molecular flexibility index (Phi) is 4.75. The van der Waals surface area contributed by atoms with E-state index in [0.29, 0.717) is 11.4 Å². The van der Waals surface area contributed by atoms with Gasteiger partial charge in [0.15, 0.2) is 0 Å². The minimum absolute atomic E-state index is 0.0809. The van der Waals surface area contributed by atoms with Crippen LogP contribution in [0.2, 0.25) is 5.02 Å². The number of nitrogens with one attached hydrogen (secondary N) is 1. The van der Waals surface area contributed by atoms with E-state index in [-0.39, 0.29) is 17.4 Å². The zero-order chi connectivity index (χ0) is 15.4. The van der Waals surface area contributed by atoms with Crippen LogP contribution in [0, 0.1) is 15.9 Å². The number of hydrogen-bond donors (Lipinski definition) is 1. The van der Waals surface area contributed by atoms with Crippen molar-refractivity contribution in [2.75, 3.05) is 5.32 Å². The molecule has 0 aliphatic heterocycles. The fraction of sp³-hybridized carbons (Fsp3) is 0.200. The molecule has 2 rings (SSSR count). The summed E-state index contributed by atoms with van der Waals surface area (Å²) in [6.07, 6.45) is 0.652. The summed E-state index contributed by atoms with van der Waals surface area (Å²) in [7, 11) is 0. The summed E-state index contributed by atoms with van der Waals surface area (Å²) in [5.74, 6) is -0.511. The van der Waals surface area contributed by atoms with Crippen LogP contribution >= 0.6 is 11.6 Å². The first-order valence-electron chi connectivity index (χ1n) is 6.40. The molecule has 0 spiro atoms. The molecule has 1 unspecified atom stereocenters. The Balaban J connectivity index is 2.08. The summed E-state index contributed by atoms with van der Waals surface area (Å²) < 4.78 is 13.7. The third-order valence-electron chi connectivity index (χ3n) is 3.02. The van der Waals surface area contributed by atoms with Gasteiger partial charge in [0.2, 0.25) is 0 Å². The van der Waals surface area contributed by atoms with Gasteiger partial charge in [-0.25, -0.2) is 4.39 Å². The third kappa shape index (κ3) is 4.16. The van der Waals surface area contributed by atoms with Crippen LogP contribution in [0.5, 0.6) is 0 Å². The molecule has 0 fully saturated rings. The Bertz CT molecular complexity index is 647. The minimum atomic E-state index is -0.547. The van der Waals surface area contributed by atoms with Crippen molar-refractivity contribution in [2.45, 2.75) is 19.4 Å². The SMILES string of the molecule is CC(Cc1ccc(Cl)cc1)Nc1cc([N+](=O)[O-])ccc1F. The van der Waals surface area contributed by atoms with Gasteiger partial charge in [0.05, 0.1) is 10.6 Å². The molecule has 0 amide bonds. The van der Waals surface area contributed by atoms with Crippen LogP contribution in [-0.2, 0) is 6.42 Å². The Labute approximate surface area is 126 Å². The van der Waals surface area contributed by atoms with Gasteiger partial charge in [-0.2, -0.15) is 0 Å². The first-order chi connectivity index (χ1) is 9.95. The van der Waals surface area contributed by atoms with E-state index in [4.69, 9.17) is 11.6 Å². The van der Waals surface area contributed by atoms with Crippen LogP contribution in [0.25, 0.3) is 0 Å². The molecule has 6 heteroatoms. The molecule has 21 heavy (non-hydrogen) atoms. The van der Waals surface area contributed by atoms with Crippen molar-refractivity contribution in [1.82, 2.24) is 0 Å². The predicted octanol–water partition coefficient (Wildman–Crippen LogP) is 4.43. The number of halogens is 2. The molecule has 0 aliphatic rings. The molecule has 1 N–H and O–H groups in total. The van der Waals surface area contributed by atoms with Crippen molar-refractivity contribution in [2.24, 2.45) is 0 Å². The summed E-state index contributed by atoms with van der Waals surface area (Å²) in [4.78, 5) is 10.2. The summed E-state index contributed by atoms with van der Waals surface area (Å²) in [6.45, 7) is 1.88. The summed E-state index contributed by atoms with van der Waals surface area (Å²) in [5.41, 5.74) is 1.04. The monoisotopic (exact) mass is 308 g/mol. The Morgan fingerprint density at radius 2 is 1.95 bits per heavy atom. The maximum Gasteiger partial charge on any atom is 0.271 e. The topological polar surface area (TPSA) is 55.2 Å². The van der Waals surface area contributed by atoms with Crippen LogP contribution in [-0.4, -0.2) is 11.0 Å². The molecule has 0 saturated carbocycles. The number of nitrogens with zero attached hydrogens (tertiary/aromatic N) is 1. The van der Waals surface area contributed by atoms with Gasteiger partial charge >= 0.3 is 0 Å². The molecule has 2 aromatic rings. The van der Waals surface area contributed by atoms with Crippen LogP contribution < -0.4 is 5.32 Å². The second-order valence-corrected chi connectivity index (χ2v) is 5.23. The van der Waals surface area contributed by atoms with Crippen LogP contribution in [0.15, 0.2) is 42.5 Å². The second kappa shape index (κ2) is 6.54. The molecule has 0 bridgehead atoms. The molecule has 4 nitrogen and oxygen atoms in total. The maximum atomic E-state index is 13.7. The Morgan fingerprint density at radius 1 is 1.29 bits per heavy atom. The van der Waals surface area contributed by atoms with E-state index in [9.17, 15) is 14.5 Å². The number of anilines is 1. The van der Waals surface area contributed by atoms with Crippen molar-refractivity contribution >= 4 is 23.0 Å². The molecule has 110 valence electrons. The van der Waals surface area contributed by atoms with Crippen LogP contribution in [0.3, 0.4) is 0 Å². The van der Waals surface area contributed by atoms with Crippen molar-refractivity contribution in [3.8, 4) is 0 Å². The number of nitro groups is 1. The van der Waals surface area contributed by atoms with E-state index < -0.39 is 10.7 Å². The van der Waals surface area contributed by atoms with Crippen LogP contribution in [0.1, 0.15) is 12.5 Å². The zero-order valence-corrected chi connectivity index (χ0v) is 12.1. The lowest BCUT2D eigenvalue weighted by Crippen LogP contribution is -2.19. The Morgan fingerprint density at radius 3 is 2.57 bits per heavy atom. The molecule has 0 radical (unpaired) electrons. The highest BCUT2D eigenvalue weighted by atomic mass is 35.5. The van der Waals surface area contributed by atoms with Gasteiger partial charge in [0, 0.05) is 23.2 Å². The maximum absolute atomic E-state index is 13.7. The first kappa shape index (κ1) is 15.3. The summed E-state index contributed by atoms with van der Waals surface area (Å²) in [5, 5.41) is 14.3. The van der Waals surface area contributed by atoms with Crippen molar-refractivity contribution < 1.29 is 9.31 Å². The highest BCUT2D eigenvalue weighted by molar-refractivity contribution is 6.30. The van der Waals surface area contributed by atoms with Gasteiger partial charge < -0.3 is 5.32 Å². The molecular formula is C15H14ClFN2O2. The smallest absolute Gasteiger partial charge is 0.271 e. The highest BCUT2D eigenvalue weighted by Crippen LogP contribution is 2.22. The van der Waals surface area contributed by atoms with E-state index in [1.807, 2.05) is 19.1 Å². The standard InChI is InChI=1S/C15H14ClFN2O2/c1-10(8-11-2-4-12(16)5-3-11)18-15-9-13(19(20)21)6-7-14(15)17/h2-7,9-10,18H,8H2,1H3. The first-order valence-corrected chi connectivity index (χ1v) is 6.78. The fourth-order valence-corrected chi connectivity index (χ4v) is 2.15. The van der Waals surface area contributed by atoms with Gasteiger partial charge in [0.25, 0.3) is 5.69 Å². The predicted molar refractivity (Wildman–Crippen MR) is 81.3 cm³/mol. The summed E-state index contributed by atoms with van der Waals surface area (Å²) >= 11 is 5.82. The third-order valence-corrected chi connectivity index (χ3v) is 3.27. The lowest BCUT2D eigenvalue weighted by Gasteiger charge is -2.16. The zero-order valence-electron chi connectivity index (χ0n) is 11.3. The average molecular weight is 309 g/mol. The molecule has 0 aliphatic carbocycles. The van der Waals surface area contributed by atoms with E-state index >= 15 is 0 Å². The van der Waals surface area contributed by atoms with Gasteiger partial charge in [-0.15, -0.1) is 0 Å². The number of nitro benzene ring substituents is 1. The lowest BCUT2D eigenvalue weighted by atomic mass is 10.1. The molecule has 0 aromatic heterocycles. The van der Waals surface area contributed by atoms with E-state index in [2.05, 4.69) is 5.32 Å². The molecule has 0 saturated heterocycles. The second-order valence-electron chi connectivity index (χ2n) is 4.80. The van der Waals surface area contributed by atoms with E-state index in [0.717, 1.165) is 17.7 Å². The lowest BCUT2D eigenvalue weighted by molar-refractivity contribution is -0.384. The number of rotatable bonds is 5. The van der Waals surface area contributed by atoms with E-state index in [1.165, 1.54) is 6.07 Å². The number of benzene rings is 2. The van der Waals surface area contributed by atoms with Gasteiger partial charge in [-0.1, -0.05) is 23.7 Å². The summed E-state index contributed by atoms with van der Waals surface area (Å²) in [6, 6.07) is 10.7. The van der Waals surface area contributed by atoms with E-state index in [1.54, 1.807) is 12.1 Å². The van der Waals surface area contributed by atoms with Gasteiger partial charge in [-0.3, -0.25) is 10.1 Å². The van der Waals surface area contributed by atoms with Crippen molar-refractivity contribution in [3.63, 3.8) is 0 Å². The van der Waals surface area contributed by atoms with Crippen LogP contribution in [0.4, 0.5) is 15.8 Å². The molecule has 1 atom stereocenters. The number of non-ortho nitro benzene ring substituents is 1. The van der Waals surface area contributed by atoms with Crippen molar-refractivity contribution in [1.29, 1.82) is 0 Å². The van der Waals surface area contributed by atoms with Gasteiger partial charge in [0.1, 0.15) is 5.82 Å². The Hall–Kier alpha value is -2.14.